The molecule has 0 bridgehead atoms. The standard InChI is InChI=1S/C14H9N3.Y/c1-2-8-16-13(4-1)14-7-6-11(10-17-14)12-5-3-9-15-12;/h1-4,6-9,15H;/q-2;. The molecule has 0 saturated carbocycles. The molecule has 85 valence electrons. The molecule has 18 heavy (non-hydrogen) atoms. The number of hydrogen-bond acceptors (Lipinski definition) is 2. The normalized spacial score (nSPS) is 9.78. The maximum atomic E-state index is 4.28. The first-order valence-electron chi connectivity index (χ1n) is 5.29. The van der Waals surface area contributed by atoms with Crippen molar-refractivity contribution >= 4 is 0 Å². The second-order valence-corrected chi connectivity index (χ2v) is 3.57. The van der Waals surface area contributed by atoms with Crippen molar-refractivity contribution < 1.29 is 32.7 Å². The number of H-pyrrole nitrogens is 1. The number of nitrogens with one attached hydrogen (secondary N) is 1. The summed E-state index contributed by atoms with van der Waals surface area (Å²) < 4.78 is 0. The second kappa shape index (κ2) is 6.03. The molecule has 0 aromatic carbocycles. The maximum absolute atomic E-state index is 4.28. The van der Waals surface area contributed by atoms with Crippen LogP contribution in [0.1, 0.15) is 0 Å². The molecule has 0 aliphatic rings. The summed E-state index contributed by atoms with van der Waals surface area (Å²) in [4.78, 5) is 11.6. The van der Waals surface area contributed by atoms with Crippen LogP contribution in [0, 0.1) is 12.3 Å². The van der Waals surface area contributed by atoms with Crippen molar-refractivity contribution in [3.05, 3.63) is 61.1 Å². The van der Waals surface area contributed by atoms with Gasteiger partial charge < -0.3 is 9.97 Å². The number of aromatic amines is 1. The van der Waals surface area contributed by atoms with E-state index in [1.54, 1.807) is 6.20 Å². The van der Waals surface area contributed by atoms with Gasteiger partial charge in [0.15, 0.2) is 0 Å². The molecular weight excluding hydrogens is 299 g/mol. The average molecular weight is 308 g/mol. The Morgan fingerprint density at radius 3 is 2.61 bits per heavy atom. The predicted octanol–water partition coefficient (Wildman–Crippen LogP) is 2.74. The van der Waals surface area contributed by atoms with Crippen LogP contribution in [0.25, 0.3) is 22.6 Å². The summed E-state index contributed by atoms with van der Waals surface area (Å²) in [6, 6.07) is 14.5. The minimum absolute atomic E-state index is 0. The molecule has 0 aliphatic heterocycles. The molecule has 0 spiro atoms. The molecule has 3 rings (SSSR count). The first-order chi connectivity index (χ1) is 8.43. The van der Waals surface area contributed by atoms with Crippen LogP contribution in [0.15, 0.2) is 48.8 Å². The van der Waals surface area contributed by atoms with E-state index in [9.17, 15) is 0 Å². The largest absolute Gasteiger partial charge is 0.474 e. The summed E-state index contributed by atoms with van der Waals surface area (Å²) in [6.07, 6.45) is 6.57. The SMILES string of the molecule is [Y].[c-]1nc(-c2ccccn2)ccc1-c1[c-]cc[nH]1. The Hall–Kier alpha value is -1.32. The van der Waals surface area contributed by atoms with E-state index in [1.165, 1.54) is 0 Å². The van der Waals surface area contributed by atoms with Gasteiger partial charge in [-0.3, -0.25) is 4.98 Å². The van der Waals surface area contributed by atoms with Crippen LogP contribution in [-0.2, 0) is 32.7 Å². The van der Waals surface area contributed by atoms with Crippen molar-refractivity contribution in [3.63, 3.8) is 0 Å². The van der Waals surface area contributed by atoms with Crippen LogP contribution in [0.3, 0.4) is 0 Å². The molecule has 0 saturated heterocycles. The van der Waals surface area contributed by atoms with Gasteiger partial charge in [-0.2, -0.15) is 17.8 Å². The van der Waals surface area contributed by atoms with E-state index in [0.29, 0.717) is 0 Å². The number of nitrogens with zero attached hydrogens (tertiary/aromatic N) is 2. The van der Waals surface area contributed by atoms with Crippen molar-refractivity contribution in [2.75, 3.05) is 0 Å². The summed E-state index contributed by atoms with van der Waals surface area (Å²) >= 11 is 0. The van der Waals surface area contributed by atoms with Gasteiger partial charge in [-0.25, -0.2) is 11.6 Å². The Morgan fingerprint density at radius 1 is 1.06 bits per heavy atom. The first kappa shape index (κ1) is 13.1. The van der Waals surface area contributed by atoms with Crippen molar-refractivity contribution in [2.45, 2.75) is 0 Å². The fourth-order valence-electron chi connectivity index (χ4n) is 1.60. The van der Waals surface area contributed by atoms with Crippen LogP contribution < -0.4 is 0 Å². The fourth-order valence-corrected chi connectivity index (χ4v) is 1.60. The van der Waals surface area contributed by atoms with E-state index in [-0.39, 0.29) is 32.7 Å². The molecule has 3 aromatic rings. The summed E-state index contributed by atoms with van der Waals surface area (Å²) in [5, 5.41) is 0. The molecule has 0 aliphatic carbocycles. The van der Waals surface area contributed by atoms with E-state index < -0.39 is 0 Å². The Kier molecular flexibility index (Phi) is 4.40. The molecule has 3 heterocycles. The van der Waals surface area contributed by atoms with Gasteiger partial charge in [0.2, 0.25) is 0 Å². The van der Waals surface area contributed by atoms with Crippen molar-refractivity contribution in [1.29, 1.82) is 0 Å². The van der Waals surface area contributed by atoms with Gasteiger partial charge in [-0.15, -0.1) is 18.5 Å². The molecule has 1 radical (unpaired) electrons. The van der Waals surface area contributed by atoms with Crippen LogP contribution in [0.2, 0.25) is 0 Å². The van der Waals surface area contributed by atoms with Gasteiger partial charge in [0.25, 0.3) is 0 Å². The molecular formula is C14H9N3Y-2. The zero-order valence-corrected chi connectivity index (χ0v) is 12.4. The van der Waals surface area contributed by atoms with Crippen molar-refractivity contribution in [2.24, 2.45) is 0 Å². The second-order valence-electron chi connectivity index (χ2n) is 3.57. The molecule has 0 unspecified atom stereocenters. The predicted molar refractivity (Wildman–Crippen MR) is 64.9 cm³/mol. The third-order valence-electron chi connectivity index (χ3n) is 2.44. The quantitative estimate of drug-likeness (QED) is 0.740. The van der Waals surface area contributed by atoms with Crippen LogP contribution in [0.4, 0.5) is 0 Å². The topological polar surface area (TPSA) is 41.6 Å². The minimum Gasteiger partial charge on any atom is -0.474 e. The van der Waals surface area contributed by atoms with Gasteiger partial charge in [-0.1, -0.05) is 6.07 Å². The Morgan fingerprint density at radius 2 is 2.00 bits per heavy atom. The van der Waals surface area contributed by atoms with E-state index in [1.807, 2.05) is 42.6 Å². The Balaban J connectivity index is 0.00000120. The van der Waals surface area contributed by atoms with E-state index >= 15 is 0 Å². The smallest absolute Gasteiger partial charge is 0.0465 e. The third kappa shape index (κ3) is 2.74. The average Bonchev–Trinajstić information content (AvgIpc) is 2.94. The Labute approximate surface area is 131 Å². The molecule has 0 fully saturated rings. The number of hydrogen-bond donors (Lipinski definition) is 1. The minimum atomic E-state index is 0. The van der Waals surface area contributed by atoms with Gasteiger partial charge >= 0.3 is 0 Å². The maximum Gasteiger partial charge on any atom is 0.0465 e. The Bertz CT molecular complexity index is 589. The number of rotatable bonds is 2. The van der Waals surface area contributed by atoms with Gasteiger partial charge in [0.1, 0.15) is 0 Å². The van der Waals surface area contributed by atoms with E-state index in [0.717, 1.165) is 22.6 Å². The first-order valence-corrected chi connectivity index (χ1v) is 5.29. The van der Waals surface area contributed by atoms with E-state index in [2.05, 4.69) is 27.2 Å². The zero-order chi connectivity index (χ0) is 11.5. The molecule has 4 heteroatoms. The zero-order valence-electron chi connectivity index (χ0n) is 9.59. The van der Waals surface area contributed by atoms with Crippen LogP contribution in [-0.4, -0.2) is 15.0 Å². The summed E-state index contributed by atoms with van der Waals surface area (Å²) in [7, 11) is 0. The number of pyridine rings is 2. The van der Waals surface area contributed by atoms with Gasteiger partial charge in [0, 0.05) is 50.3 Å². The molecule has 3 aromatic heterocycles. The van der Waals surface area contributed by atoms with Crippen molar-refractivity contribution in [3.8, 4) is 22.6 Å². The van der Waals surface area contributed by atoms with Crippen molar-refractivity contribution in [1.82, 2.24) is 15.0 Å². The summed E-state index contributed by atoms with van der Waals surface area (Å²) in [5.41, 5.74) is 3.46. The fraction of sp³-hybridized carbons (Fsp3) is 0. The van der Waals surface area contributed by atoms with Crippen LogP contribution in [0.5, 0.6) is 0 Å². The molecule has 0 amide bonds. The van der Waals surface area contributed by atoms with Crippen LogP contribution >= 0.6 is 0 Å². The van der Waals surface area contributed by atoms with Gasteiger partial charge in [0.05, 0.1) is 0 Å². The molecule has 3 nitrogen and oxygen atoms in total. The van der Waals surface area contributed by atoms with E-state index in [4.69, 9.17) is 0 Å². The molecule has 1 N–H and O–H groups in total. The monoisotopic (exact) mass is 308 g/mol. The molecule has 0 atom stereocenters. The summed E-state index contributed by atoms with van der Waals surface area (Å²) in [6.45, 7) is 0. The van der Waals surface area contributed by atoms with Gasteiger partial charge in [-0.05, 0) is 12.1 Å². The third-order valence-corrected chi connectivity index (χ3v) is 2.44. The summed E-state index contributed by atoms with van der Waals surface area (Å²) in [5.74, 6) is 0. The number of aromatic nitrogens is 3.